The number of nitrogens with zero attached hydrogens (tertiary/aromatic N) is 2. The quantitative estimate of drug-likeness (QED) is 0.780. The Balaban J connectivity index is 2.05. The Morgan fingerprint density at radius 3 is 2.40 bits per heavy atom. The van der Waals surface area contributed by atoms with Crippen LogP contribution in [-0.2, 0) is 0 Å². The van der Waals surface area contributed by atoms with E-state index in [1.807, 2.05) is 0 Å². The van der Waals surface area contributed by atoms with Crippen molar-refractivity contribution in [1.82, 2.24) is 9.97 Å². The van der Waals surface area contributed by atoms with Gasteiger partial charge in [-0.25, -0.2) is 8.78 Å². The molecule has 0 amide bonds. The summed E-state index contributed by atoms with van der Waals surface area (Å²) in [6.45, 7) is 0. The summed E-state index contributed by atoms with van der Waals surface area (Å²) in [5, 5.41) is 10.2. The smallest absolute Gasteiger partial charge is 0.132 e. The molecule has 5 heteroatoms. The first-order chi connectivity index (χ1) is 9.65. The maximum Gasteiger partial charge on any atom is 0.132 e. The number of hydrogen-bond donors (Lipinski definition) is 1. The molecule has 0 aliphatic rings. The van der Waals surface area contributed by atoms with Crippen molar-refractivity contribution in [2.75, 3.05) is 0 Å². The molecule has 0 spiro atoms. The van der Waals surface area contributed by atoms with Crippen LogP contribution in [0.1, 0.15) is 17.2 Å². The van der Waals surface area contributed by atoms with Crippen molar-refractivity contribution >= 4 is 11.0 Å². The highest BCUT2D eigenvalue weighted by Crippen LogP contribution is 2.26. The number of aliphatic hydroxyl groups excluding tert-OH is 1. The average molecular weight is 272 g/mol. The zero-order valence-corrected chi connectivity index (χ0v) is 10.3. The van der Waals surface area contributed by atoms with Gasteiger partial charge in [-0.3, -0.25) is 9.97 Å². The van der Waals surface area contributed by atoms with E-state index in [1.54, 1.807) is 24.4 Å². The van der Waals surface area contributed by atoms with Crippen LogP contribution in [0.4, 0.5) is 8.78 Å². The number of rotatable bonds is 2. The Morgan fingerprint density at radius 1 is 0.900 bits per heavy atom. The molecule has 20 heavy (non-hydrogen) atoms. The molecule has 2 aromatic carbocycles. The van der Waals surface area contributed by atoms with Gasteiger partial charge in [-0.05, 0) is 23.8 Å². The van der Waals surface area contributed by atoms with Gasteiger partial charge < -0.3 is 5.11 Å². The van der Waals surface area contributed by atoms with Crippen molar-refractivity contribution < 1.29 is 13.9 Å². The number of aromatic nitrogens is 2. The standard InChI is InChI=1S/C15H10F2N2O/c16-10-2-3-11(12(17)8-10)15(20)9-1-4-13-14(7-9)19-6-5-18-13/h1-8,15,20H. The van der Waals surface area contributed by atoms with Crippen LogP contribution in [0.5, 0.6) is 0 Å². The second-order valence-electron chi connectivity index (χ2n) is 4.37. The molecule has 1 aromatic heterocycles. The molecular weight excluding hydrogens is 262 g/mol. The normalized spacial score (nSPS) is 12.6. The molecule has 0 fully saturated rings. The third kappa shape index (κ3) is 2.23. The van der Waals surface area contributed by atoms with Crippen molar-refractivity contribution in [1.29, 1.82) is 0 Å². The molecule has 1 unspecified atom stereocenters. The van der Waals surface area contributed by atoms with Crippen LogP contribution in [-0.4, -0.2) is 15.1 Å². The van der Waals surface area contributed by atoms with E-state index in [0.717, 1.165) is 12.1 Å². The van der Waals surface area contributed by atoms with Gasteiger partial charge in [0.15, 0.2) is 0 Å². The Kier molecular flexibility index (Phi) is 3.12. The SMILES string of the molecule is OC(c1ccc2nccnc2c1)c1ccc(F)cc1F. The van der Waals surface area contributed by atoms with Gasteiger partial charge in [0.1, 0.15) is 17.7 Å². The van der Waals surface area contributed by atoms with Gasteiger partial charge in [-0.2, -0.15) is 0 Å². The van der Waals surface area contributed by atoms with Crippen molar-refractivity contribution in [3.8, 4) is 0 Å². The van der Waals surface area contributed by atoms with Gasteiger partial charge in [0.05, 0.1) is 11.0 Å². The van der Waals surface area contributed by atoms with Crippen LogP contribution in [0.3, 0.4) is 0 Å². The molecule has 1 atom stereocenters. The lowest BCUT2D eigenvalue weighted by molar-refractivity contribution is 0.215. The second-order valence-corrected chi connectivity index (χ2v) is 4.37. The largest absolute Gasteiger partial charge is 0.384 e. The highest BCUT2D eigenvalue weighted by Gasteiger charge is 2.16. The van der Waals surface area contributed by atoms with Crippen LogP contribution >= 0.6 is 0 Å². The van der Waals surface area contributed by atoms with Gasteiger partial charge >= 0.3 is 0 Å². The van der Waals surface area contributed by atoms with E-state index < -0.39 is 17.7 Å². The highest BCUT2D eigenvalue weighted by molar-refractivity contribution is 5.74. The maximum absolute atomic E-state index is 13.7. The molecule has 0 aliphatic heterocycles. The summed E-state index contributed by atoms with van der Waals surface area (Å²) in [4.78, 5) is 8.24. The number of hydrogen-bond acceptors (Lipinski definition) is 3. The van der Waals surface area contributed by atoms with Crippen LogP contribution in [0.25, 0.3) is 11.0 Å². The molecule has 1 heterocycles. The molecule has 1 N–H and O–H groups in total. The van der Waals surface area contributed by atoms with E-state index in [9.17, 15) is 13.9 Å². The van der Waals surface area contributed by atoms with Crippen LogP contribution in [0.15, 0.2) is 48.8 Å². The summed E-state index contributed by atoms with van der Waals surface area (Å²) in [6, 6.07) is 8.07. The molecule has 3 nitrogen and oxygen atoms in total. The fraction of sp³-hybridized carbons (Fsp3) is 0.0667. The van der Waals surface area contributed by atoms with E-state index >= 15 is 0 Å². The zero-order chi connectivity index (χ0) is 14.1. The number of benzene rings is 2. The molecule has 0 saturated heterocycles. The summed E-state index contributed by atoms with van der Waals surface area (Å²) in [5.41, 5.74) is 1.78. The predicted octanol–water partition coefficient (Wildman–Crippen LogP) is 2.99. The lowest BCUT2D eigenvalue weighted by atomic mass is 10.0. The minimum Gasteiger partial charge on any atom is -0.384 e. The topological polar surface area (TPSA) is 46.0 Å². The molecule has 0 bridgehead atoms. The van der Waals surface area contributed by atoms with E-state index in [2.05, 4.69) is 9.97 Å². The van der Waals surface area contributed by atoms with E-state index in [4.69, 9.17) is 0 Å². The van der Waals surface area contributed by atoms with Crippen LogP contribution in [0, 0.1) is 11.6 Å². The summed E-state index contributed by atoms with van der Waals surface area (Å²) in [6.07, 6.45) is 1.93. The van der Waals surface area contributed by atoms with Crippen LogP contribution < -0.4 is 0 Å². The average Bonchev–Trinajstić information content (AvgIpc) is 2.46. The van der Waals surface area contributed by atoms with Gasteiger partial charge in [0, 0.05) is 24.0 Å². The first kappa shape index (κ1) is 12.6. The predicted molar refractivity (Wildman–Crippen MR) is 70.0 cm³/mol. The maximum atomic E-state index is 13.7. The fourth-order valence-corrected chi connectivity index (χ4v) is 2.05. The highest BCUT2D eigenvalue weighted by atomic mass is 19.1. The Morgan fingerprint density at radius 2 is 1.65 bits per heavy atom. The lowest BCUT2D eigenvalue weighted by Crippen LogP contribution is -2.03. The van der Waals surface area contributed by atoms with E-state index in [0.29, 0.717) is 16.6 Å². The summed E-state index contributed by atoms with van der Waals surface area (Å²) >= 11 is 0. The van der Waals surface area contributed by atoms with E-state index in [1.165, 1.54) is 12.3 Å². The molecule has 0 aliphatic carbocycles. The molecule has 100 valence electrons. The first-order valence-corrected chi connectivity index (χ1v) is 5.99. The third-order valence-corrected chi connectivity index (χ3v) is 3.07. The Bertz CT molecular complexity index is 777. The van der Waals surface area contributed by atoms with Gasteiger partial charge in [-0.1, -0.05) is 12.1 Å². The third-order valence-electron chi connectivity index (χ3n) is 3.07. The van der Waals surface area contributed by atoms with Crippen molar-refractivity contribution in [3.05, 3.63) is 71.6 Å². The summed E-state index contributed by atoms with van der Waals surface area (Å²) < 4.78 is 26.6. The van der Waals surface area contributed by atoms with Crippen molar-refractivity contribution in [2.24, 2.45) is 0 Å². The second kappa shape index (κ2) is 4.94. The van der Waals surface area contributed by atoms with Gasteiger partial charge in [-0.15, -0.1) is 0 Å². The molecule has 3 rings (SSSR count). The Hall–Kier alpha value is -2.40. The van der Waals surface area contributed by atoms with Crippen molar-refractivity contribution in [3.63, 3.8) is 0 Å². The number of aliphatic hydroxyl groups is 1. The van der Waals surface area contributed by atoms with Crippen LogP contribution in [0.2, 0.25) is 0 Å². The van der Waals surface area contributed by atoms with Gasteiger partial charge in [0.2, 0.25) is 0 Å². The van der Waals surface area contributed by atoms with Crippen molar-refractivity contribution in [2.45, 2.75) is 6.10 Å². The summed E-state index contributed by atoms with van der Waals surface area (Å²) in [7, 11) is 0. The van der Waals surface area contributed by atoms with Gasteiger partial charge in [0.25, 0.3) is 0 Å². The molecular formula is C15H10F2N2O. The molecule has 0 saturated carbocycles. The number of fused-ring (bicyclic) bond motifs is 1. The monoisotopic (exact) mass is 272 g/mol. The zero-order valence-electron chi connectivity index (χ0n) is 10.3. The molecule has 3 aromatic rings. The Labute approximate surface area is 113 Å². The minimum atomic E-state index is -1.18. The molecule has 0 radical (unpaired) electrons. The fourth-order valence-electron chi connectivity index (χ4n) is 2.05. The first-order valence-electron chi connectivity index (χ1n) is 5.99. The lowest BCUT2D eigenvalue weighted by Gasteiger charge is -2.12. The summed E-state index contributed by atoms with van der Waals surface area (Å²) in [5.74, 6) is -1.46. The van der Waals surface area contributed by atoms with E-state index in [-0.39, 0.29) is 5.56 Å². The number of halogens is 2. The minimum absolute atomic E-state index is 0.0228.